The third-order valence-electron chi connectivity index (χ3n) is 4.14. The fraction of sp³-hybridized carbons (Fsp3) is 0.875. The Morgan fingerprint density at radius 3 is 2.43 bits per heavy atom. The van der Waals surface area contributed by atoms with E-state index in [9.17, 15) is 14.7 Å². The zero-order valence-corrected chi connectivity index (χ0v) is 13.5. The molecular formula is C16H30N2O3. The van der Waals surface area contributed by atoms with E-state index in [2.05, 4.69) is 5.32 Å². The molecule has 21 heavy (non-hydrogen) atoms. The summed E-state index contributed by atoms with van der Waals surface area (Å²) in [6.45, 7) is 6.21. The van der Waals surface area contributed by atoms with Crippen molar-refractivity contribution in [2.24, 2.45) is 23.0 Å². The molecule has 5 nitrogen and oxygen atoms in total. The molecule has 0 saturated heterocycles. The highest BCUT2D eigenvalue weighted by Crippen LogP contribution is 2.25. The number of rotatable bonds is 5. The van der Waals surface area contributed by atoms with Crippen LogP contribution in [0, 0.1) is 17.3 Å². The summed E-state index contributed by atoms with van der Waals surface area (Å²) in [5, 5.41) is 12.1. The Labute approximate surface area is 127 Å². The second kappa shape index (κ2) is 7.78. The van der Waals surface area contributed by atoms with Gasteiger partial charge < -0.3 is 16.2 Å². The lowest BCUT2D eigenvalue weighted by atomic mass is 9.84. The van der Waals surface area contributed by atoms with E-state index in [4.69, 9.17) is 5.73 Å². The molecule has 4 N–H and O–H groups in total. The smallest absolute Gasteiger partial charge is 0.308 e. The Hall–Kier alpha value is -1.10. The Morgan fingerprint density at radius 1 is 1.24 bits per heavy atom. The number of aliphatic carboxylic acids is 1. The zero-order chi connectivity index (χ0) is 16.0. The number of carboxylic acids is 1. The molecule has 0 spiro atoms. The van der Waals surface area contributed by atoms with Gasteiger partial charge in [-0.15, -0.1) is 0 Å². The predicted octanol–water partition coefficient (Wildman–Crippen LogP) is 2.15. The van der Waals surface area contributed by atoms with Crippen LogP contribution in [-0.2, 0) is 9.59 Å². The van der Waals surface area contributed by atoms with Gasteiger partial charge in [0.05, 0.1) is 11.8 Å². The molecule has 0 bridgehead atoms. The van der Waals surface area contributed by atoms with Gasteiger partial charge in [-0.1, -0.05) is 40.0 Å². The molecule has 122 valence electrons. The van der Waals surface area contributed by atoms with E-state index in [1.807, 2.05) is 20.8 Å². The molecule has 0 aromatic carbocycles. The molecule has 1 amide bonds. The fourth-order valence-corrected chi connectivity index (χ4v) is 3.00. The highest BCUT2D eigenvalue weighted by molar-refractivity contribution is 5.80. The minimum atomic E-state index is -0.851. The zero-order valence-electron chi connectivity index (χ0n) is 13.5. The van der Waals surface area contributed by atoms with Crippen LogP contribution in [0.3, 0.4) is 0 Å². The second-order valence-electron chi connectivity index (χ2n) is 7.45. The summed E-state index contributed by atoms with van der Waals surface area (Å²) in [6, 6.07) is -0.0987. The molecule has 0 aromatic rings. The summed E-state index contributed by atoms with van der Waals surface area (Å²) in [4.78, 5) is 23.6. The Morgan fingerprint density at radius 2 is 1.86 bits per heavy atom. The predicted molar refractivity (Wildman–Crippen MR) is 82.8 cm³/mol. The molecule has 0 aromatic heterocycles. The minimum absolute atomic E-state index is 0.0769. The number of carbonyl (C=O) groups excluding carboxylic acids is 1. The van der Waals surface area contributed by atoms with E-state index < -0.39 is 11.9 Å². The highest BCUT2D eigenvalue weighted by atomic mass is 16.4. The maximum atomic E-state index is 12.3. The van der Waals surface area contributed by atoms with Gasteiger partial charge in [-0.3, -0.25) is 9.59 Å². The van der Waals surface area contributed by atoms with Crippen molar-refractivity contribution in [2.45, 2.75) is 65.3 Å². The lowest BCUT2D eigenvalue weighted by Crippen LogP contribution is -2.44. The summed E-state index contributed by atoms with van der Waals surface area (Å²) in [5.41, 5.74) is 5.99. The van der Waals surface area contributed by atoms with Crippen LogP contribution in [-0.4, -0.2) is 29.6 Å². The minimum Gasteiger partial charge on any atom is -0.481 e. The largest absolute Gasteiger partial charge is 0.481 e. The van der Waals surface area contributed by atoms with Gasteiger partial charge in [-0.25, -0.2) is 0 Å². The number of hydrogen-bond donors (Lipinski definition) is 3. The SMILES string of the molecule is CC(C)(C)CC(CNC(=O)C1CCCCCC1N)C(=O)O. The number of nitrogens with one attached hydrogen (secondary N) is 1. The molecule has 3 atom stereocenters. The summed E-state index contributed by atoms with van der Waals surface area (Å²) in [6.07, 6.45) is 5.45. The standard InChI is InChI=1S/C16H30N2O3/c1-16(2,3)9-11(15(20)21)10-18-14(19)12-7-5-4-6-8-13(12)17/h11-13H,4-10,17H2,1-3H3,(H,18,19)(H,20,21). The molecule has 0 radical (unpaired) electrons. The first kappa shape index (κ1) is 18.0. The summed E-state index contributed by atoms with van der Waals surface area (Å²) in [7, 11) is 0. The van der Waals surface area contributed by atoms with Crippen LogP contribution in [0.2, 0.25) is 0 Å². The van der Waals surface area contributed by atoms with Gasteiger partial charge in [0.15, 0.2) is 0 Å². The van der Waals surface area contributed by atoms with Gasteiger partial charge in [0, 0.05) is 12.6 Å². The van der Waals surface area contributed by atoms with Gasteiger partial charge in [0.2, 0.25) is 5.91 Å². The molecular weight excluding hydrogens is 268 g/mol. The van der Waals surface area contributed by atoms with Crippen LogP contribution >= 0.6 is 0 Å². The number of nitrogens with two attached hydrogens (primary N) is 1. The molecule has 1 aliphatic rings. The van der Waals surface area contributed by atoms with Crippen LogP contribution in [0.4, 0.5) is 0 Å². The fourth-order valence-electron chi connectivity index (χ4n) is 3.00. The average Bonchev–Trinajstić information content (AvgIpc) is 2.57. The van der Waals surface area contributed by atoms with Crippen molar-refractivity contribution < 1.29 is 14.7 Å². The van der Waals surface area contributed by atoms with Gasteiger partial charge in [0.1, 0.15) is 0 Å². The van der Waals surface area contributed by atoms with Gasteiger partial charge in [-0.2, -0.15) is 0 Å². The third kappa shape index (κ3) is 6.46. The van der Waals surface area contributed by atoms with E-state index in [0.29, 0.717) is 6.42 Å². The topological polar surface area (TPSA) is 92.4 Å². The molecule has 0 aliphatic heterocycles. The molecule has 5 heteroatoms. The molecule has 0 heterocycles. The number of hydrogen-bond acceptors (Lipinski definition) is 3. The summed E-state index contributed by atoms with van der Waals surface area (Å²) >= 11 is 0. The van der Waals surface area contributed by atoms with Crippen LogP contribution in [0.1, 0.15) is 59.3 Å². The molecule has 1 fully saturated rings. The van der Waals surface area contributed by atoms with Crippen molar-refractivity contribution in [2.75, 3.05) is 6.54 Å². The van der Waals surface area contributed by atoms with Crippen molar-refractivity contribution in [3.63, 3.8) is 0 Å². The van der Waals surface area contributed by atoms with Crippen molar-refractivity contribution >= 4 is 11.9 Å². The maximum Gasteiger partial charge on any atom is 0.308 e. The van der Waals surface area contributed by atoms with Crippen LogP contribution < -0.4 is 11.1 Å². The monoisotopic (exact) mass is 298 g/mol. The first-order valence-electron chi connectivity index (χ1n) is 7.97. The summed E-state index contributed by atoms with van der Waals surface area (Å²) < 4.78 is 0. The van der Waals surface area contributed by atoms with Gasteiger partial charge in [0.25, 0.3) is 0 Å². The van der Waals surface area contributed by atoms with E-state index in [-0.39, 0.29) is 29.8 Å². The van der Waals surface area contributed by atoms with Crippen molar-refractivity contribution in [1.82, 2.24) is 5.32 Å². The lowest BCUT2D eigenvalue weighted by Gasteiger charge is -2.25. The van der Waals surface area contributed by atoms with Crippen LogP contribution in [0.25, 0.3) is 0 Å². The number of carboxylic acid groups (broad SMARTS) is 1. The van der Waals surface area contributed by atoms with E-state index >= 15 is 0 Å². The van der Waals surface area contributed by atoms with Crippen molar-refractivity contribution in [3.05, 3.63) is 0 Å². The normalized spacial score (nSPS) is 25.0. The highest BCUT2D eigenvalue weighted by Gasteiger charge is 2.29. The van der Waals surface area contributed by atoms with Crippen LogP contribution in [0.5, 0.6) is 0 Å². The molecule has 1 saturated carbocycles. The average molecular weight is 298 g/mol. The van der Waals surface area contributed by atoms with E-state index in [0.717, 1.165) is 32.1 Å². The lowest BCUT2D eigenvalue weighted by molar-refractivity contribution is -0.142. The summed E-state index contributed by atoms with van der Waals surface area (Å²) in [5.74, 6) is -1.65. The quantitative estimate of drug-likeness (QED) is 0.678. The van der Waals surface area contributed by atoms with Crippen molar-refractivity contribution in [3.8, 4) is 0 Å². The number of amides is 1. The third-order valence-corrected chi connectivity index (χ3v) is 4.14. The van der Waals surface area contributed by atoms with Gasteiger partial charge >= 0.3 is 5.97 Å². The second-order valence-corrected chi connectivity index (χ2v) is 7.45. The number of carbonyl (C=O) groups is 2. The Bertz CT molecular complexity index is 363. The molecule has 1 aliphatic carbocycles. The Kier molecular flexibility index (Phi) is 6.65. The molecule has 1 rings (SSSR count). The van der Waals surface area contributed by atoms with E-state index in [1.54, 1.807) is 0 Å². The Balaban J connectivity index is 2.54. The first-order valence-corrected chi connectivity index (χ1v) is 7.97. The van der Waals surface area contributed by atoms with Crippen LogP contribution in [0.15, 0.2) is 0 Å². The molecule has 3 unspecified atom stereocenters. The van der Waals surface area contributed by atoms with Gasteiger partial charge in [-0.05, 0) is 24.7 Å². The van der Waals surface area contributed by atoms with E-state index in [1.165, 1.54) is 0 Å². The first-order chi connectivity index (χ1) is 9.70. The van der Waals surface area contributed by atoms with Crippen molar-refractivity contribution in [1.29, 1.82) is 0 Å². The maximum absolute atomic E-state index is 12.3.